The van der Waals surface area contributed by atoms with Gasteiger partial charge in [0.25, 0.3) is 0 Å². The number of nitrogens with zero attached hydrogens (tertiary/aromatic N) is 1. The molecule has 2 aliphatic rings. The smallest absolute Gasteiger partial charge is 0.399 e. The molecule has 1 aromatic rings. The van der Waals surface area contributed by atoms with Crippen molar-refractivity contribution in [1.82, 2.24) is 0 Å². The van der Waals surface area contributed by atoms with Gasteiger partial charge in [0.05, 0.1) is 16.9 Å². The molecule has 3 rings (SSSR count). The predicted octanol–water partition coefficient (Wildman–Crippen LogP) is 3.37. The number of carbonyl (C=O) groups is 1. The van der Waals surface area contributed by atoms with E-state index in [2.05, 4.69) is 67.5 Å². The molecule has 1 fully saturated rings. The van der Waals surface area contributed by atoms with Crippen molar-refractivity contribution in [3.63, 3.8) is 0 Å². The molecule has 4 nitrogen and oxygen atoms in total. The lowest BCUT2D eigenvalue weighted by Gasteiger charge is -2.41. The summed E-state index contributed by atoms with van der Waals surface area (Å²) in [6.45, 7) is 16.6. The molecule has 0 radical (unpaired) electrons. The van der Waals surface area contributed by atoms with Crippen LogP contribution in [0, 0.1) is 6.92 Å². The summed E-state index contributed by atoms with van der Waals surface area (Å²) >= 11 is 0. The van der Waals surface area contributed by atoms with Gasteiger partial charge in [-0.1, -0.05) is 12.1 Å². The summed E-state index contributed by atoms with van der Waals surface area (Å²) in [4.78, 5) is 14.5. The second-order valence-electron chi connectivity index (χ2n) is 9.33. The van der Waals surface area contributed by atoms with Crippen molar-refractivity contribution in [3.05, 3.63) is 23.3 Å². The van der Waals surface area contributed by atoms with Crippen molar-refractivity contribution in [2.45, 2.75) is 85.0 Å². The minimum Gasteiger partial charge on any atom is -0.399 e. The van der Waals surface area contributed by atoms with Gasteiger partial charge in [0.2, 0.25) is 5.91 Å². The van der Waals surface area contributed by atoms with E-state index in [-0.39, 0.29) is 29.8 Å². The molecule has 2 aliphatic heterocycles. The zero-order valence-corrected chi connectivity index (χ0v) is 16.8. The third kappa shape index (κ3) is 3.02. The van der Waals surface area contributed by atoms with Gasteiger partial charge in [0.15, 0.2) is 0 Å². The molecule has 0 unspecified atom stereocenters. The Balaban J connectivity index is 2.03. The highest BCUT2D eigenvalue weighted by Crippen LogP contribution is 2.39. The van der Waals surface area contributed by atoms with Crippen molar-refractivity contribution < 1.29 is 14.1 Å². The lowest BCUT2D eigenvalue weighted by Crippen LogP contribution is -2.49. The van der Waals surface area contributed by atoms with Crippen LogP contribution in [0.25, 0.3) is 0 Å². The topological polar surface area (TPSA) is 38.8 Å². The van der Waals surface area contributed by atoms with Crippen molar-refractivity contribution >= 4 is 24.2 Å². The Kier molecular flexibility index (Phi) is 4.12. The number of benzene rings is 1. The van der Waals surface area contributed by atoms with Crippen LogP contribution in [0.4, 0.5) is 5.69 Å². The summed E-state index contributed by atoms with van der Waals surface area (Å²) in [6.07, 6.45) is 1.32. The number of carbonyl (C=O) groups excluding carboxylic acids is 1. The van der Waals surface area contributed by atoms with Crippen molar-refractivity contribution in [2.75, 3.05) is 4.90 Å². The van der Waals surface area contributed by atoms with E-state index in [0.717, 1.165) is 23.1 Å². The van der Waals surface area contributed by atoms with Crippen LogP contribution in [-0.4, -0.2) is 29.8 Å². The number of hydrogen-bond donors (Lipinski definition) is 0. The molecule has 0 spiro atoms. The quantitative estimate of drug-likeness (QED) is 0.734. The summed E-state index contributed by atoms with van der Waals surface area (Å²) < 4.78 is 12.4. The molecule has 2 heterocycles. The number of amides is 1. The van der Waals surface area contributed by atoms with E-state index in [9.17, 15) is 4.79 Å². The molecule has 0 aliphatic carbocycles. The van der Waals surface area contributed by atoms with E-state index in [1.165, 1.54) is 5.56 Å². The van der Waals surface area contributed by atoms with Gasteiger partial charge in [-0.25, -0.2) is 0 Å². The van der Waals surface area contributed by atoms with Crippen molar-refractivity contribution in [1.29, 1.82) is 0 Å². The Labute approximate surface area is 152 Å². The zero-order valence-electron chi connectivity index (χ0n) is 16.8. The summed E-state index contributed by atoms with van der Waals surface area (Å²) in [5.74, 6) is 0.200. The molecule has 1 saturated heterocycles. The Bertz CT molecular complexity index is 702. The lowest BCUT2D eigenvalue weighted by atomic mass is 9.76. The Hall–Kier alpha value is -1.33. The van der Waals surface area contributed by atoms with E-state index in [1.807, 2.05) is 4.90 Å². The second-order valence-corrected chi connectivity index (χ2v) is 9.33. The maximum absolute atomic E-state index is 12.5. The SMILES string of the molecule is Cc1cc(B2OC(C)(C)C(C)(C)O2)cc2c1N(C(C)(C)C)C(=O)CC2. The molecular weight excluding hydrogens is 313 g/mol. The highest BCUT2D eigenvalue weighted by molar-refractivity contribution is 6.62. The summed E-state index contributed by atoms with van der Waals surface area (Å²) in [5.41, 5.74) is 3.47. The minimum absolute atomic E-state index is 0.200. The van der Waals surface area contributed by atoms with Gasteiger partial charge in [-0.15, -0.1) is 0 Å². The molecule has 0 bridgehead atoms. The highest BCUT2D eigenvalue weighted by atomic mass is 16.7. The van der Waals surface area contributed by atoms with E-state index < -0.39 is 0 Å². The Morgan fingerprint density at radius 2 is 1.60 bits per heavy atom. The summed E-state index contributed by atoms with van der Waals surface area (Å²) in [6, 6.07) is 4.27. The van der Waals surface area contributed by atoms with Crippen molar-refractivity contribution in [2.24, 2.45) is 0 Å². The normalized spacial score (nSPS) is 22.3. The summed E-state index contributed by atoms with van der Waals surface area (Å²) in [7, 11) is -0.366. The van der Waals surface area contributed by atoms with E-state index in [0.29, 0.717) is 6.42 Å². The van der Waals surface area contributed by atoms with Gasteiger partial charge >= 0.3 is 7.12 Å². The predicted molar refractivity (Wildman–Crippen MR) is 102 cm³/mol. The maximum atomic E-state index is 12.5. The van der Waals surface area contributed by atoms with E-state index in [1.54, 1.807) is 0 Å². The molecule has 1 amide bonds. The number of hydrogen-bond acceptors (Lipinski definition) is 3. The molecule has 5 heteroatoms. The van der Waals surface area contributed by atoms with Gasteiger partial charge in [0, 0.05) is 12.0 Å². The Morgan fingerprint density at radius 1 is 1.04 bits per heavy atom. The number of anilines is 1. The minimum atomic E-state index is -0.366. The fraction of sp³-hybridized carbons (Fsp3) is 0.650. The number of aryl methyl sites for hydroxylation is 2. The highest BCUT2D eigenvalue weighted by Gasteiger charge is 2.52. The van der Waals surface area contributed by atoms with Crippen molar-refractivity contribution in [3.8, 4) is 0 Å². The van der Waals surface area contributed by atoms with Crippen LogP contribution >= 0.6 is 0 Å². The Morgan fingerprint density at radius 3 is 2.12 bits per heavy atom. The first-order chi connectivity index (χ1) is 11.3. The average Bonchev–Trinajstić information content (AvgIpc) is 2.66. The fourth-order valence-corrected chi connectivity index (χ4v) is 3.70. The van der Waals surface area contributed by atoms with E-state index >= 15 is 0 Å². The number of rotatable bonds is 1. The third-order valence-electron chi connectivity index (χ3n) is 5.68. The lowest BCUT2D eigenvalue weighted by molar-refractivity contribution is -0.119. The fourth-order valence-electron chi connectivity index (χ4n) is 3.70. The molecule has 1 aromatic carbocycles. The van der Waals surface area contributed by atoms with Gasteiger partial charge < -0.3 is 14.2 Å². The second kappa shape index (κ2) is 5.58. The largest absolute Gasteiger partial charge is 0.494 e. The summed E-state index contributed by atoms with van der Waals surface area (Å²) in [5, 5.41) is 0. The zero-order chi connectivity index (χ0) is 18.8. The van der Waals surface area contributed by atoms with Gasteiger partial charge in [0.1, 0.15) is 0 Å². The van der Waals surface area contributed by atoms with Crippen LogP contribution in [0.3, 0.4) is 0 Å². The molecule has 0 aromatic heterocycles. The molecular formula is C20H30BNO3. The average molecular weight is 343 g/mol. The molecule has 136 valence electrons. The first-order valence-corrected chi connectivity index (χ1v) is 9.16. The monoisotopic (exact) mass is 343 g/mol. The van der Waals surface area contributed by atoms with Gasteiger partial charge in [-0.2, -0.15) is 0 Å². The van der Waals surface area contributed by atoms with Crippen LogP contribution in [0.5, 0.6) is 0 Å². The van der Waals surface area contributed by atoms with Crippen LogP contribution in [0.2, 0.25) is 0 Å². The van der Waals surface area contributed by atoms with Crippen LogP contribution in [-0.2, 0) is 20.5 Å². The van der Waals surface area contributed by atoms with Gasteiger partial charge in [-0.3, -0.25) is 4.79 Å². The first kappa shape index (κ1) is 18.5. The van der Waals surface area contributed by atoms with Crippen LogP contribution in [0.1, 0.15) is 66.0 Å². The maximum Gasteiger partial charge on any atom is 0.494 e. The molecule has 0 saturated carbocycles. The molecule has 0 N–H and O–H groups in total. The van der Waals surface area contributed by atoms with Gasteiger partial charge in [-0.05, 0) is 78.4 Å². The molecule has 25 heavy (non-hydrogen) atoms. The third-order valence-corrected chi connectivity index (χ3v) is 5.68. The van der Waals surface area contributed by atoms with Crippen LogP contribution in [0.15, 0.2) is 12.1 Å². The number of fused-ring (bicyclic) bond motifs is 1. The van der Waals surface area contributed by atoms with E-state index in [4.69, 9.17) is 9.31 Å². The van der Waals surface area contributed by atoms with Crippen LogP contribution < -0.4 is 10.4 Å². The molecule has 0 atom stereocenters. The first-order valence-electron chi connectivity index (χ1n) is 9.16. The standard InChI is InChI=1S/C20H30BNO3/c1-13-11-15(21-24-19(5,6)20(7,8)25-21)12-14-9-10-16(23)22(17(13)14)18(2,3)4/h11-12H,9-10H2,1-8H3.